The van der Waals surface area contributed by atoms with Gasteiger partial charge in [-0.05, 0) is 30.4 Å². The van der Waals surface area contributed by atoms with E-state index in [1.165, 1.54) is 4.90 Å². The second-order valence-electron chi connectivity index (χ2n) is 7.91. The molecule has 2 amide bonds. The summed E-state index contributed by atoms with van der Waals surface area (Å²) in [5.41, 5.74) is 1.47. The van der Waals surface area contributed by atoms with E-state index in [2.05, 4.69) is 5.32 Å². The van der Waals surface area contributed by atoms with E-state index in [9.17, 15) is 14.4 Å². The Morgan fingerprint density at radius 2 is 1.70 bits per heavy atom. The number of fused-ring (bicyclic) bond motifs is 1. The Kier molecular flexibility index (Phi) is 8.58. The average molecular weight is 446 g/mol. The highest BCUT2D eigenvalue weighted by Crippen LogP contribution is 2.29. The molecule has 0 saturated heterocycles. The van der Waals surface area contributed by atoms with Gasteiger partial charge in [-0.1, -0.05) is 86.5 Å². The molecule has 0 aromatic heterocycles. The van der Waals surface area contributed by atoms with Gasteiger partial charge in [0.1, 0.15) is 18.7 Å². The van der Waals surface area contributed by atoms with Crippen LogP contribution in [0.2, 0.25) is 0 Å². The fraction of sp³-hybridized carbons (Fsp3) is 0.296. The van der Waals surface area contributed by atoms with Crippen molar-refractivity contribution in [1.82, 2.24) is 5.32 Å². The normalized spacial score (nSPS) is 12.5. The maximum absolute atomic E-state index is 13.5. The first-order chi connectivity index (χ1) is 16.0. The Hall–Kier alpha value is -3.67. The fourth-order valence-electron chi connectivity index (χ4n) is 3.71. The number of benzene rings is 3. The number of anilines is 1. The number of amides is 2. The zero-order chi connectivity index (χ0) is 23.6. The zero-order valence-corrected chi connectivity index (χ0v) is 19.0. The number of unbranched alkanes of at least 4 members (excludes halogenated alkanes) is 1. The van der Waals surface area contributed by atoms with E-state index in [0.29, 0.717) is 12.1 Å². The number of alkyl carbamates (subject to hydrolysis) is 1. The number of nitrogens with zero attached hydrogens (tertiary/aromatic N) is 1. The van der Waals surface area contributed by atoms with E-state index in [4.69, 9.17) is 4.74 Å². The summed E-state index contributed by atoms with van der Waals surface area (Å²) in [5, 5.41) is 4.41. The van der Waals surface area contributed by atoms with Crippen molar-refractivity contribution in [1.29, 1.82) is 0 Å². The lowest BCUT2D eigenvalue weighted by Crippen LogP contribution is -2.51. The Bertz CT molecular complexity index is 1080. The van der Waals surface area contributed by atoms with Gasteiger partial charge in [0, 0.05) is 5.39 Å². The zero-order valence-electron chi connectivity index (χ0n) is 19.0. The van der Waals surface area contributed by atoms with E-state index in [1.807, 2.05) is 86.0 Å². The van der Waals surface area contributed by atoms with Crippen LogP contribution in [0, 0.1) is 0 Å². The second-order valence-corrected chi connectivity index (χ2v) is 7.91. The SMILES string of the molecule is CCCC[C@@H]([C]=O)N(C(=O)[C@H](C)NC(=O)OCc1ccccc1)c1cccc2ccccc12. The molecule has 1 radical (unpaired) electrons. The van der Waals surface area contributed by atoms with E-state index in [-0.39, 0.29) is 6.61 Å². The molecule has 33 heavy (non-hydrogen) atoms. The molecular weight excluding hydrogens is 416 g/mol. The van der Waals surface area contributed by atoms with Crippen LogP contribution in [0.15, 0.2) is 72.8 Å². The lowest BCUT2D eigenvalue weighted by atomic mass is 10.0. The maximum Gasteiger partial charge on any atom is 0.408 e. The maximum atomic E-state index is 13.5. The summed E-state index contributed by atoms with van der Waals surface area (Å²) < 4.78 is 5.26. The highest BCUT2D eigenvalue weighted by molar-refractivity contribution is 6.08. The third-order valence-corrected chi connectivity index (χ3v) is 5.46. The van der Waals surface area contributed by atoms with Crippen LogP contribution in [-0.4, -0.2) is 30.4 Å². The number of ether oxygens (including phenoxy) is 1. The first-order valence-electron chi connectivity index (χ1n) is 11.2. The fourth-order valence-corrected chi connectivity index (χ4v) is 3.71. The first kappa shape index (κ1) is 24.0. The Balaban J connectivity index is 1.82. The number of hydrogen-bond donors (Lipinski definition) is 1. The largest absolute Gasteiger partial charge is 0.445 e. The van der Waals surface area contributed by atoms with Gasteiger partial charge in [0.25, 0.3) is 0 Å². The lowest BCUT2D eigenvalue weighted by molar-refractivity contribution is -0.120. The molecule has 6 nitrogen and oxygen atoms in total. The van der Waals surface area contributed by atoms with Crippen molar-refractivity contribution in [2.24, 2.45) is 0 Å². The first-order valence-corrected chi connectivity index (χ1v) is 11.2. The summed E-state index contributed by atoms with van der Waals surface area (Å²) in [6.45, 7) is 3.71. The van der Waals surface area contributed by atoms with E-state index < -0.39 is 24.1 Å². The van der Waals surface area contributed by atoms with Crippen molar-refractivity contribution in [2.45, 2.75) is 51.8 Å². The topological polar surface area (TPSA) is 75.7 Å². The van der Waals surface area contributed by atoms with Gasteiger partial charge in [-0.3, -0.25) is 14.5 Å². The van der Waals surface area contributed by atoms with Crippen LogP contribution >= 0.6 is 0 Å². The van der Waals surface area contributed by atoms with Crippen molar-refractivity contribution in [3.63, 3.8) is 0 Å². The van der Waals surface area contributed by atoms with Crippen LogP contribution in [0.3, 0.4) is 0 Å². The summed E-state index contributed by atoms with van der Waals surface area (Å²) in [6.07, 6.45) is 3.49. The van der Waals surface area contributed by atoms with Crippen LogP contribution in [0.1, 0.15) is 38.7 Å². The van der Waals surface area contributed by atoms with Gasteiger partial charge in [0.15, 0.2) is 0 Å². The predicted octanol–water partition coefficient (Wildman–Crippen LogP) is 5.16. The molecule has 3 rings (SSSR count). The summed E-state index contributed by atoms with van der Waals surface area (Å²) >= 11 is 0. The summed E-state index contributed by atoms with van der Waals surface area (Å²) in [6, 6.07) is 20.9. The highest BCUT2D eigenvalue weighted by atomic mass is 16.5. The number of hydrogen-bond acceptors (Lipinski definition) is 4. The van der Waals surface area contributed by atoms with E-state index in [1.54, 1.807) is 6.92 Å². The van der Waals surface area contributed by atoms with Gasteiger partial charge in [-0.15, -0.1) is 0 Å². The number of rotatable bonds is 10. The molecule has 6 heteroatoms. The van der Waals surface area contributed by atoms with Gasteiger partial charge in [0.2, 0.25) is 12.2 Å². The van der Waals surface area contributed by atoms with Gasteiger partial charge in [-0.2, -0.15) is 0 Å². The van der Waals surface area contributed by atoms with Crippen molar-refractivity contribution < 1.29 is 19.1 Å². The molecule has 2 atom stereocenters. The minimum absolute atomic E-state index is 0.0991. The molecule has 1 N–H and O–H groups in total. The lowest BCUT2D eigenvalue weighted by Gasteiger charge is -2.31. The Labute approximate surface area is 194 Å². The van der Waals surface area contributed by atoms with Crippen molar-refractivity contribution in [2.75, 3.05) is 4.90 Å². The molecule has 0 heterocycles. The molecule has 0 aliphatic heterocycles. The van der Waals surface area contributed by atoms with Crippen LogP contribution in [0.4, 0.5) is 10.5 Å². The molecule has 0 spiro atoms. The number of carbonyl (C=O) groups excluding carboxylic acids is 3. The minimum atomic E-state index is -0.898. The third-order valence-electron chi connectivity index (χ3n) is 5.46. The minimum Gasteiger partial charge on any atom is -0.445 e. The van der Waals surface area contributed by atoms with Crippen LogP contribution < -0.4 is 10.2 Å². The summed E-state index contributed by atoms with van der Waals surface area (Å²) in [5.74, 6) is -0.396. The molecule has 3 aromatic rings. The Morgan fingerprint density at radius 3 is 2.42 bits per heavy atom. The standard InChI is InChI=1S/C27H29N2O4/c1-3-4-15-23(18-30)29(25-17-10-14-22-13-8-9-16-24(22)25)26(31)20(2)28-27(32)33-19-21-11-6-5-7-12-21/h5-14,16-17,20,23H,3-4,15,19H2,1-2H3,(H,28,32)/t20-,23-/m0/s1. The number of nitrogens with one attached hydrogen (secondary N) is 1. The van der Waals surface area contributed by atoms with Crippen molar-refractivity contribution in [3.8, 4) is 0 Å². The summed E-state index contributed by atoms with van der Waals surface area (Å²) in [7, 11) is 0. The van der Waals surface area contributed by atoms with Crippen LogP contribution in [0.25, 0.3) is 10.8 Å². The molecular formula is C27H29N2O4. The van der Waals surface area contributed by atoms with E-state index >= 15 is 0 Å². The summed E-state index contributed by atoms with van der Waals surface area (Å²) in [4.78, 5) is 39.3. The predicted molar refractivity (Wildman–Crippen MR) is 130 cm³/mol. The van der Waals surface area contributed by atoms with Crippen LogP contribution in [0.5, 0.6) is 0 Å². The molecule has 0 aliphatic rings. The van der Waals surface area contributed by atoms with Crippen LogP contribution in [-0.2, 0) is 20.9 Å². The monoisotopic (exact) mass is 445 g/mol. The van der Waals surface area contributed by atoms with Gasteiger partial charge in [-0.25, -0.2) is 4.79 Å². The Morgan fingerprint density at radius 1 is 1.00 bits per heavy atom. The second kappa shape index (κ2) is 11.8. The van der Waals surface area contributed by atoms with Gasteiger partial charge in [0.05, 0.1) is 5.69 Å². The molecule has 0 unspecified atom stereocenters. The molecule has 0 bridgehead atoms. The molecule has 0 saturated carbocycles. The van der Waals surface area contributed by atoms with Gasteiger partial charge >= 0.3 is 6.09 Å². The average Bonchev–Trinajstić information content (AvgIpc) is 2.85. The smallest absolute Gasteiger partial charge is 0.408 e. The van der Waals surface area contributed by atoms with Gasteiger partial charge < -0.3 is 10.1 Å². The van der Waals surface area contributed by atoms with E-state index in [0.717, 1.165) is 29.2 Å². The molecule has 171 valence electrons. The van der Waals surface area contributed by atoms with Crippen molar-refractivity contribution in [3.05, 3.63) is 78.4 Å². The third kappa shape index (κ3) is 6.19. The van der Waals surface area contributed by atoms with Crippen molar-refractivity contribution >= 4 is 34.7 Å². The molecule has 3 aromatic carbocycles. The quantitative estimate of drug-likeness (QED) is 0.468. The molecule has 0 fully saturated rings. The highest BCUT2D eigenvalue weighted by Gasteiger charge is 2.31. The molecule has 0 aliphatic carbocycles. The number of carbonyl (C=O) groups is 2.